The predicted molar refractivity (Wildman–Crippen MR) is 68.6 cm³/mol. The first kappa shape index (κ1) is 15.3. The van der Waals surface area contributed by atoms with Crippen molar-refractivity contribution in [2.24, 2.45) is 5.92 Å². The summed E-state index contributed by atoms with van der Waals surface area (Å²) in [6, 6.07) is -1.59. The largest absolute Gasteiger partial charge is 0.480 e. The highest BCUT2D eigenvalue weighted by molar-refractivity contribution is 5.86. The van der Waals surface area contributed by atoms with Gasteiger partial charge in [-0.15, -0.1) is 0 Å². The lowest BCUT2D eigenvalue weighted by Gasteiger charge is -2.19. The second kappa shape index (κ2) is 6.96. The van der Waals surface area contributed by atoms with E-state index in [2.05, 4.69) is 10.6 Å². The first-order valence-corrected chi connectivity index (χ1v) is 6.46. The van der Waals surface area contributed by atoms with E-state index in [4.69, 9.17) is 5.11 Å². The molecule has 19 heavy (non-hydrogen) atoms. The Kier molecular flexibility index (Phi) is 5.59. The van der Waals surface area contributed by atoms with Crippen LogP contribution in [0, 0.1) is 5.92 Å². The van der Waals surface area contributed by atoms with Crippen LogP contribution in [0.2, 0.25) is 0 Å². The van der Waals surface area contributed by atoms with Gasteiger partial charge in [-0.2, -0.15) is 0 Å². The van der Waals surface area contributed by atoms with Gasteiger partial charge in [-0.1, -0.05) is 13.8 Å². The minimum atomic E-state index is -1.09. The summed E-state index contributed by atoms with van der Waals surface area (Å²) in [5.74, 6) is -1.45. The maximum absolute atomic E-state index is 11.7. The zero-order valence-electron chi connectivity index (χ0n) is 11.3. The Bertz CT molecular complexity index is 351. The summed E-state index contributed by atoms with van der Waals surface area (Å²) < 4.78 is 0. The van der Waals surface area contributed by atoms with Gasteiger partial charge in [0, 0.05) is 13.1 Å². The fourth-order valence-electron chi connectivity index (χ4n) is 1.94. The molecule has 1 saturated heterocycles. The van der Waals surface area contributed by atoms with Gasteiger partial charge in [-0.05, 0) is 18.8 Å². The standard InChI is InChI=1S/C12H21N3O4/c1-8(2)10(11(17)18)14-12(19)13-7-9(16)15-5-3-4-6-15/h8,10H,3-7H2,1-2H3,(H,17,18)(H2,13,14,19)/t10-/m0/s1. The van der Waals surface area contributed by atoms with Crippen LogP contribution in [0.3, 0.4) is 0 Å². The lowest BCUT2D eigenvalue weighted by molar-refractivity contribution is -0.140. The highest BCUT2D eigenvalue weighted by atomic mass is 16.4. The summed E-state index contributed by atoms with van der Waals surface area (Å²) in [7, 11) is 0. The van der Waals surface area contributed by atoms with Crippen LogP contribution in [-0.2, 0) is 9.59 Å². The molecule has 1 heterocycles. The Labute approximate surface area is 112 Å². The van der Waals surface area contributed by atoms with Crippen LogP contribution in [0.1, 0.15) is 26.7 Å². The van der Waals surface area contributed by atoms with Crippen LogP contribution in [0.5, 0.6) is 0 Å². The van der Waals surface area contributed by atoms with Crippen molar-refractivity contribution in [2.45, 2.75) is 32.7 Å². The third-order valence-electron chi connectivity index (χ3n) is 3.08. The molecule has 0 aromatic carbocycles. The summed E-state index contributed by atoms with van der Waals surface area (Å²) in [6.07, 6.45) is 1.98. The van der Waals surface area contributed by atoms with E-state index in [1.165, 1.54) is 0 Å². The average Bonchev–Trinajstić information content (AvgIpc) is 2.85. The Morgan fingerprint density at radius 3 is 2.26 bits per heavy atom. The van der Waals surface area contributed by atoms with Crippen molar-refractivity contribution in [3.8, 4) is 0 Å². The fourth-order valence-corrected chi connectivity index (χ4v) is 1.94. The lowest BCUT2D eigenvalue weighted by atomic mass is 10.1. The van der Waals surface area contributed by atoms with E-state index in [0.717, 1.165) is 25.9 Å². The van der Waals surface area contributed by atoms with Crippen molar-refractivity contribution in [2.75, 3.05) is 19.6 Å². The molecule has 3 amide bonds. The quantitative estimate of drug-likeness (QED) is 0.656. The minimum Gasteiger partial charge on any atom is -0.480 e. The highest BCUT2D eigenvalue weighted by Crippen LogP contribution is 2.06. The van der Waals surface area contributed by atoms with E-state index in [-0.39, 0.29) is 18.4 Å². The van der Waals surface area contributed by atoms with Crippen molar-refractivity contribution in [1.82, 2.24) is 15.5 Å². The van der Waals surface area contributed by atoms with E-state index in [9.17, 15) is 14.4 Å². The van der Waals surface area contributed by atoms with Gasteiger partial charge < -0.3 is 20.6 Å². The molecule has 0 aliphatic carbocycles. The predicted octanol–water partition coefficient (Wildman–Crippen LogP) is 0.0172. The molecular formula is C12H21N3O4. The maximum Gasteiger partial charge on any atom is 0.326 e. The first-order chi connectivity index (χ1) is 8.91. The molecule has 1 rings (SSSR count). The zero-order chi connectivity index (χ0) is 14.4. The number of hydrogen-bond acceptors (Lipinski definition) is 3. The summed E-state index contributed by atoms with van der Waals surface area (Å²) in [5, 5.41) is 13.7. The van der Waals surface area contributed by atoms with E-state index < -0.39 is 18.0 Å². The smallest absolute Gasteiger partial charge is 0.326 e. The monoisotopic (exact) mass is 271 g/mol. The number of amides is 3. The van der Waals surface area contributed by atoms with Crippen molar-refractivity contribution in [3.05, 3.63) is 0 Å². The summed E-state index contributed by atoms with van der Waals surface area (Å²) in [6.45, 7) is 4.76. The number of nitrogens with one attached hydrogen (secondary N) is 2. The van der Waals surface area contributed by atoms with Gasteiger partial charge in [0.25, 0.3) is 0 Å². The normalized spacial score (nSPS) is 16.3. The van der Waals surface area contributed by atoms with Gasteiger partial charge >= 0.3 is 12.0 Å². The van der Waals surface area contributed by atoms with Gasteiger partial charge in [-0.25, -0.2) is 9.59 Å². The summed E-state index contributed by atoms with van der Waals surface area (Å²) >= 11 is 0. The molecule has 1 aliphatic rings. The Balaban J connectivity index is 2.34. The van der Waals surface area contributed by atoms with Gasteiger partial charge in [0.15, 0.2) is 0 Å². The molecule has 0 aromatic heterocycles. The molecule has 1 aliphatic heterocycles. The van der Waals surface area contributed by atoms with E-state index in [1.54, 1.807) is 18.7 Å². The number of carboxylic acid groups (broad SMARTS) is 1. The van der Waals surface area contributed by atoms with Crippen molar-refractivity contribution >= 4 is 17.9 Å². The van der Waals surface area contributed by atoms with E-state index in [1.807, 2.05) is 0 Å². The third-order valence-corrected chi connectivity index (χ3v) is 3.08. The van der Waals surface area contributed by atoms with Crippen molar-refractivity contribution < 1.29 is 19.5 Å². The molecular weight excluding hydrogens is 250 g/mol. The molecule has 1 atom stereocenters. The molecule has 7 nitrogen and oxygen atoms in total. The fraction of sp³-hybridized carbons (Fsp3) is 0.750. The van der Waals surface area contributed by atoms with Crippen LogP contribution >= 0.6 is 0 Å². The molecule has 0 aromatic rings. The SMILES string of the molecule is CC(C)[C@H](NC(=O)NCC(=O)N1CCCC1)C(=O)O. The van der Waals surface area contributed by atoms with Gasteiger partial charge in [0.2, 0.25) is 5.91 Å². The maximum atomic E-state index is 11.7. The molecule has 0 radical (unpaired) electrons. The first-order valence-electron chi connectivity index (χ1n) is 6.46. The van der Waals surface area contributed by atoms with Crippen LogP contribution in [0.4, 0.5) is 4.79 Å². The number of carboxylic acids is 1. The third kappa shape index (κ3) is 4.76. The van der Waals surface area contributed by atoms with Crippen LogP contribution in [-0.4, -0.2) is 53.6 Å². The highest BCUT2D eigenvalue weighted by Gasteiger charge is 2.24. The number of hydrogen-bond donors (Lipinski definition) is 3. The van der Waals surface area contributed by atoms with Crippen LogP contribution in [0.15, 0.2) is 0 Å². The second-order valence-corrected chi connectivity index (χ2v) is 4.97. The number of nitrogens with zero attached hydrogens (tertiary/aromatic N) is 1. The average molecular weight is 271 g/mol. The van der Waals surface area contributed by atoms with E-state index >= 15 is 0 Å². The molecule has 1 fully saturated rings. The number of likely N-dealkylation sites (tertiary alicyclic amines) is 1. The zero-order valence-corrected chi connectivity index (χ0v) is 11.3. The molecule has 0 saturated carbocycles. The Morgan fingerprint density at radius 2 is 1.79 bits per heavy atom. The van der Waals surface area contributed by atoms with Crippen LogP contribution < -0.4 is 10.6 Å². The van der Waals surface area contributed by atoms with Crippen molar-refractivity contribution in [1.29, 1.82) is 0 Å². The van der Waals surface area contributed by atoms with Crippen LogP contribution in [0.25, 0.3) is 0 Å². The molecule has 0 bridgehead atoms. The van der Waals surface area contributed by atoms with Crippen molar-refractivity contribution in [3.63, 3.8) is 0 Å². The number of rotatable bonds is 5. The topological polar surface area (TPSA) is 98.7 Å². The summed E-state index contributed by atoms with van der Waals surface area (Å²) in [4.78, 5) is 35.8. The molecule has 108 valence electrons. The molecule has 7 heteroatoms. The number of carbonyl (C=O) groups is 3. The number of urea groups is 1. The summed E-state index contributed by atoms with van der Waals surface area (Å²) in [5.41, 5.74) is 0. The molecule has 0 spiro atoms. The van der Waals surface area contributed by atoms with Gasteiger partial charge in [-0.3, -0.25) is 4.79 Å². The lowest BCUT2D eigenvalue weighted by Crippen LogP contribution is -2.50. The molecule has 0 unspecified atom stereocenters. The second-order valence-electron chi connectivity index (χ2n) is 4.97. The minimum absolute atomic E-state index is 0.101. The van der Waals surface area contributed by atoms with Gasteiger partial charge in [0.05, 0.1) is 6.54 Å². The number of aliphatic carboxylic acids is 1. The van der Waals surface area contributed by atoms with Gasteiger partial charge in [0.1, 0.15) is 6.04 Å². The van der Waals surface area contributed by atoms with E-state index in [0.29, 0.717) is 0 Å². The Morgan fingerprint density at radius 1 is 1.21 bits per heavy atom. The Hall–Kier alpha value is -1.79. The molecule has 3 N–H and O–H groups in total. The number of carbonyl (C=O) groups excluding carboxylic acids is 2.